The largest absolute Gasteiger partial charge is 0.457 e. The highest BCUT2D eigenvalue weighted by Gasteiger charge is 2.25. The Balaban J connectivity index is 3.01. The lowest BCUT2D eigenvalue weighted by Crippen LogP contribution is -2.22. The molecule has 1 rings (SSSR count). The highest BCUT2D eigenvalue weighted by molar-refractivity contribution is 6.45. The van der Waals surface area contributed by atoms with E-state index < -0.39 is 29.2 Å². The maximum atomic E-state index is 13.2. The number of esters is 1. The molecular formula is C10H9ClFNO3. The fourth-order valence-electron chi connectivity index (χ4n) is 0.986. The normalized spacial score (nSPS) is 10.3. The van der Waals surface area contributed by atoms with Gasteiger partial charge >= 0.3 is 5.97 Å². The minimum Gasteiger partial charge on any atom is -0.457 e. The van der Waals surface area contributed by atoms with Gasteiger partial charge in [0.2, 0.25) is 0 Å². The maximum Gasteiger partial charge on any atom is 0.380 e. The average Bonchev–Trinajstić information content (AvgIpc) is 2.16. The van der Waals surface area contributed by atoms with Crippen LogP contribution in [0.5, 0.6) is 0 Å². The van der Waals surface area contributed by atoms with Gasteiger partial charge in [-0.25, -0.2) is 14.2 Å². The summed E-state index contributed by atoms with van der Waals surface area (Å²) in [7, 11) is 0. The Kier molecular flexibility index (Phi) is 3.95. The molecule has 0 saturated heterocycles. The van der Waals surface area contributed by atoms with Crippen LogP contribution in [0.2, 0.25) is 5.15 Å². The van der Waals surface area contributed by atoms with E-state index in [0.717, 1.165) is 12.3 Å². The third-order valence-electron chi connectivity index (χ3n) is 1.61. The minimum atomic E-state index is -1.15. The van der Waals surface area contributed by atoms with Gasteiger partial charge in [0.15, 0.2) is 0 Å². The van der Waals surface area contributed by atoms with E-state index in [1.54, 1.807) is 13.8 Å². The van der Waals surface area contributed by atoms with Crippen molar-refractivity contribution in [2.45, 2.75) is 20.0 Å². The van der Waals surface area contributed by atoms with Crippen molar-refractivity contribution in [3.8, 4) is 0 Å². The molecule has 6 heteroatoms. The highest BCUT2D eigenvalue weighted by Crippen LogP contribution is 2.17. The molecule has 0 bridgehead atoms. The van der Waals surface area contributed by atoms with Crippen molar-refractivity contribution in [3.05, 3.63) is 28.8 Å². The first-order valence-electron chi connectivity index (χ1n) is 4.48. The second-order valence-corrected chi connectivity index (χ2v) is 3.60. The number of aromatic nitrogens is 1. The number of ketones is 1. The Bertz CT molecular complexity index is 414. The quantitative estimate of drug-likeness (QED) is 0.354. The number of rotatable bonds is 3. The van der Waals surface area contributed by atoms with E-state index in [1.807, 2.05) is 0 Å². The van der Waals surface area contributed by atoms with E-state index in [2.05, 4.69) is 9.72 Å². The van der Waals surface area contributed by atoms with Gasteiger partial charge in [0.05, 0.1) is 6.10 Å². The van der Waals surface area contributed by atoms with Crippen molar-refractivity contribution >= 4 is 23.4 Å². The molecule has 4 nitrogen and oxygen atoms in total. The van der Waals surface area contributed by atoms with Crippen LogP contribution in [0, 0.1) is 5.82 Å². The molecule has 1 aromatic rings. The van der Waals surface area contributed by atoms with Gasteiger partial charge in [-0.15, -0.1) is 0 Å². The summed E-state index contributed by atoms with van der Waals surface area (Å²) >= 11 is 5.53. The number of ether oxygens (including phenoxy) is 1. The Morgan fingerprint density at radius 1 is 1.50 bits per heavy atom. The van der Waals surface area contributed by atoms with Crippen molar-refractivity contribution in [1.29, 1.82) is 0 Å². The van der Waals surface area contributed by atoms with Gasteiger partial charge in [0, 0.05) is 6.20 Å². The minimum absolute atomic E-state index is 0.356. The van der Waals surface area contributed by atoms with Gasteiger partial charge < -0.3 is 4.74 Å². The molecule has 86 valence electrons. The number of pyridine rings is 1. The van der Waals surface area contributed by atoms with Crippen LogP contribution < -0.4 is 0 Å². The zero-order valence-corrected chi connectivity index (χ0v) is 9.42. The first-order valence-corrected chi connectivity index (χ1v) is 4.86. The van der Waals surface area contributed by atoms with Crippen LogP contribution in [0.15, 0.2) is 12.3 Å². The summed E-state index contributed by atoms with van der Waals surface area (Å²) in [5.41, 5.74) is -0.560. The Morgan fingerprint density at radius 3 is 2.62 bits per heavy atom. The summed E-state index contributed by atoms with van der Waals surface area (Å²) in [5.74, 6) is -3.18. The summed E-state index contributed by atoms with van der Waals surface area (Å²) in [4.78, 5) is 26.2. The average molecular weight is 246 g/mol. The molecule has 0 saturated carbocycles. The molecule has 1 aromatic heterocycles. The molecule has 1 heterocycles. The predicted molar refractivity (Wildman–Crippen MR) is 54.8 cm³/mol. The molecular weight excluding hydrogens is 237 g/mol. The third kappa shape index (κ3) is 2.76. The molecule has 0 radical (unpaired) electrons. The van der Waals surface area contributed by atoms with E-state index in [1.165, 1.54) is 0 Å². The van der Waals surface area contributed by atoms with E-state index >= 15 is 0 Å². The predicted octanol–water partition coefficient (Wildman–Crippen LogP) is 2.01. The molecule has 0 amide bonds. The fourth-order valence-corrected chi connectivity index (χ4v) is 1.22. The van der Waals surface area contributed by atoms with Crippen LogP contribution in [0.25, 0.3) is 0 Å². The van der Waals surface area contributed by atoms with Gasteiger partial charge in [-0.05, 0) is 19.9 Å². The molecule has 0 atom stereocenters. The van der Waals surface area contributed by atoms with E-state index in [0.29, 0.717) is 0 Å². The van der Waals surface area contributed by atoms with Gasteiger partial charge in [-0.2, -0.15) is 0 Å². The van der Waals surface area contributed by atoms with Gasteiger partial charge in [0.1, 0.15) is 16.5 Å². The second kappa shape index (κ2) is 5.03. The molecule has 0 unspecified atom stereocenters. The Morgan fingerprint density at radius 2 is 2.12 bits per heavy atom. The first-order chi connectivity index (χ1) is 7.43. The van der Waals surface area contributed by atoms with Crippen LogP contribution in [0.4, 0.5) is 4.39 Å². The summed E-state index contributed by atoms with van der Waals surface area (Å²) in [6.07, 6.45) is 0.636. The first kappa shape index (κ1) is 12.6. The van der Waals surface area contributed by atoms with Gasteiger partial charge in [-0.3, -0.25) is 4.79 Å². The van der Waals surface area contributed by atoms with E-state index in [-0.39, 0.29) is 5.15 Å². The van der Waals surface area contributed by atoms with E-state index in [4.69, 9.17) is 11.6 Å². The van der Waals surface area contributed by atoms with E-state index in [9.17, 15) is 14.0 Å². The number of Topliss-reactive ketones (excluding diaryl/α,β-unsaturated/α-hetero) is 1. The zero-order valence-electron chi connectivity index (χ0n) is 8.66. The molecule has 0 aliphatic heterocycles. The van der Waals surface area contributed by atoms with Crippen LogP contribution in [0.1, 0.15) is 24.2 Å². The number of carbonyl (C=O) groups excluding carboxylic acids is 2. The summed E-state index contributed by atoms with van der Waals surface area (Å²) in [6.45, 7) is 3.15. The molecule has 0 aliphatic carbocycles. The van der Waals surface area contributed by atoms with Crippen molar-refractivity contribution in [2.75, 3.05) is 0 Å². The van der Waals surface area contributed by atoms with Gasteiger partial charge in [0.25, 0.3) is 5.78 Å². The molecule has 0 aliphatic rings. The monoisotopic (exact) mass is 245 g/mol. The molecule has 0 fully saturated rings. The lowest BCUT2D eigenvalue weighted by atomic mass is 10.2. The number of hydrogen-bond donors (Lipinski definition) is 0. The smallest absolute Gasteiger partial charge is 0.380 e. The molecule has 0 N–H and O–H groups in total. The summed E-state index contributed by atoms with van der Waals surface area (Å²) < 4.78 is 17.9. The van der Waals surface area contributed by atoms with Crippen molar-refractivity contribution in [3.63, 3.8) is 0 Å². The maximum absolute atomic E-state index is 13.2. The number of halogens is 2. The summed E-state index contributed by atoms with van der Waals surface area (Å²) in [6, 6.07) is 0.946. The highest BCUT2D eigenvalue weighted by atomic mass is 35.5. The number of nitrogens with zero attached hydrogens (tertiary/aromatic N) is 1. The lowest BCUT2D eigenvalue weighted by molar-refractivity contribution is -0.141. The SMILES string of the molecule is CC(C)OC(=O)C(=O)c1c(F)ccnc1Cl. The van der Waals surface area contributed by atoms with Crippen LogP contribution in [-0.2, 0) is 9.53 Å². The van der Waals surface area contributed by atoms with Crippen LogP contribution in [-0.4, -0.2) is 22.8 Å². The molecule has 16 heavy (non-hydrogen) atoms. The van der Waals surface area contributed by atoms with Crippen LogP contribution >= 0.6 is 11.6 Å². The number of hydrogen-bond acceptors (Lipinski definition) is 4. The molecule has 0 aromatic carbocycles. The topological polar surface area (TPSA) is 56.3 Å². The lowest BCUT2D eigenvalue weighted by Gasteiger charge is -2.07. The number of carbonyl (C=O) groups is 2. The van der Waals surface area contributed by atoms with Crippen molar-refractivity contribution in [2.24, 2.45) is 0 Å². The Labute approximate surface area is 96.4 Å². The second-order valence-electron chi connectivity index (χ2n) is 3.24. The van der Waals surface area contributed by atoms with Gasteiger partial charge in [-0.1, -0.05) is 11.6 Å². The van der Waals surface area contributed by atoms with Crippen molar-refractivity contribution in [1.82, 2.24) is 4.98 Å². The van der Waals surface area contributed by atoms with Crippen LogP contribution in [0.3, 0.4) is 0 Å². The standard InChI is InChI=1S/C10H9ClFNO3/c1-5(2)16-10(15)8(14)7-6(12)3-4-13-9(7)11/h3-5H,1-2H3. The third-order valence-corrected chi connectivity index (χ3v) is 1.90. The summed E-state index contributed by atoms with van der Waals surface area (Å²) in [5, 5.41) is -0.356. The fraction of sp³-hybridized carbons (Fsp3) is 0.300. The Hall–Kier alpha value is -1.49. The molecule has 0 spiro atoms. The van der Waals surface area contributed by atoms with Crippen molar-refractivity contribution < 1.29 is 18.7 Å². The zero-order chi connectivity index (χ0) is 12.3.